The van der Waals surface area contributed by atoms with Gasteiger partial charge in [0.05, 0.1) is 17.2 Å². The average molecular weight is 388 g/mol. The molecule has 2 aromatic carbocycles. The SMILES string of the molecule is CCOc1ccccc1NC(=O)[C@H]1CCCCN1S(=O)(=O)c1ccccc1. The number of rotatable bonds is 6. The third kappa shape index (κ3) is 4.31. The van der Waals surface area contributed by atoms with Gasteiger partial charge >= 0.3 is 0 Å². The molecule has 0 saturated carbocycles. The number of hydrogen-bond acceptors (Lipinski definition) is 4. The molecule has 1 heterocycles. The van der Waals surface area contributed by atoms with E-state index in [2.05, 4.69) is 5.32 Å². The first-order chi connectivity index (χ1) is 13.0. The van der Waals surface area contributed by atoms with Crippen molar-refractivity contribution >= 4 is 21.6 Å². The smallest absolute Gasteiger partial charge is 0.243 e. The molecule has 1 amide bonds. The summed E-state index contributed by atoms with van der Waals surface area (Å²) < 4.78 is 33.0. The zero-order valence-electron chi connectivity index (χ0n) is 15.3. The van der Waals surface area contributed by atoms with Crippen LogP contribution in [0.2, 0.25) is 0 Å². The Kier molecular flexibility index (Phi) is 6.13. The second-order valence-corrected chi connectivity index (χ2v) is 8.25. The maximum atomic E-state index is 13.0. The number of piperidine rings is 1. The number of nitrogens with one attached hydrogen (secondary N) is 1. The maximum absolute atomic E-state index is 13.0. The highest BCUT2D eigenvalue weighted by molar-refractivity contribution is 7.89. The minimum Gasteiger partial charge on any atom is -0.492 e. The number of para-hydroxylation sites is 2. The van der Waals surface area contributed by atoms with Crippen LogP contribution in [0.1, 0.15) is 26.2 Å². The van der Waals surface area contributed by atoms with E-state index in [1.807, 2.05) is 13.0 Å². The molecule has 2 aromatic rings. The fraction of sp³-hybridized carbons (Fsp3) is 0.350. The van der Waals surface area contributed by atoms with Gasteiger partial charge in [0.2, 0.25) is 15.9 Å². The Hall–Kier alpha value is -2.38. The lowest BCUT2D eigenvalue weighted by molar-refractivity contribution is -0.120. The van der Waals surface area contributed by atoms with Crippen LogP contribution >= 0.6 is 0 Å². The van der Waals surface area contributed by atoms with Crippen LogP contribution in [-0.2, 0) is 14.8 Å². The normalized spacial score (nSPS) is 18.0. The summed E-state index contributed by atoms with van der Waals surface area (Å²) in [5.41, 5.74) is 0.548. The van der Waals surface area contributed by atoms with E-state index >= 15 is 0 Å². The van der Waals surface area contributed by atoms with E-state index in [1.54, 1.807) is 48.5 Å². The van der Waals surface area contributed by atoms with Gasteiger partial charge in [-0.2, -0.15) is 4.31 Å². The minimum absolute atomic E-state index is 0.208. The van der Waals surface area contributed by atoms with Gasteiger partial charge < -0.3 is 10.1 Å². The summed E-state index contributed by atoms with van der Waals surface area (Å²) in [6, 6.07) is 14.7. The van der Waals surface area contributed by atoms with Crippen LogP contribution in [0, 0.1) is 0 Å². The number of ether oxygens (including phenoxy) is 1. The molecule has 0 radical (unpaired) electrons. The fourth-order valence-corrected chi connectivity index (χ4v) is 4.93. The van der Waals surface area contributed by atoms with Crippen molar-refractivity contribution in [2.75, 3.05) is 18.5 Å². The van der Waals surface area contributed by atoms with Gasteiger partial charge in [0.15, 0.2) is 0 Å². The van der Waals surface area contributed by atoms with Crippen molar-refractivity contribution in [3.63, 3.8) is 0 Å². The summed E-state index contributed by atoms with van der Waals surface area (Å²) >= 11 is 0. The van der Waals surface area contributed by atoms with E-state index in [1.165, 1.54) is 4.31 Å². The van der Waals surface area contributed by atoms with Gasteiger partial charge in [-0.15, -0.1) is 0 Å². The molecule has 3 rings (SSSR count). The molecule has 1 N–H and O–H groups in total. The first-order valence-electron chi connectivity index (χ1n) is 9.13. The number of amides is 1. The molecular weight excluding hydrogens is 364 g/mol. The highest BCUT2D eigenvalue weighted by Crippen LogP contribution is 2.28. The predicted molar refractivity (Wildman–Crippen MR) is 104 cm³/mol. The third-order valence-corrected chi connectivity index (χ3v) is 6.47. The molecule has 27 heavy (non-hydrogen) atoms. The monoisotopic (exact) mass is 388 g/mol. The molecule has 0 bridgehead atoms. The van der Waals surface area contributed by atoms with E-state index in [9.17, 15) is 13.2 Å². The Morgan fingerprint density at radius 2 is 1.81 bits per heavy atom. The Balaban J connectivity index is 1.85. The van der Waals surface area contributed by atoms with Gasteiger partial charge in [0.25, 0.3) is 0 Å². The second-order valence-electron chi connectivity index (χ2n) is 6.36. The Labute approximate surface area is 160 Å². The van der Waals surface area contributed by atoms with Crippen LogP contribution < -0.4 is 10.1 Å². The van der Waals surface area contributed by atoms with Crippen molar-refractivity contribution in [1.29, 1.82) is 0 Å². The molecule has 0 unspecified atom stereocenters. The third-order valence-electron chi connectivity index (χ3n) is 4.55. The number of hydrogen-bond donors (Lipinski definition) is 1. The van der Waals surface area contributed by atoms with Gasteiger partial charge in [-0.3, -0.25) is 4.79 Å². The van der Waals surface area contributed by atoms with Gasteiger partial charge in [-0.05, 0) is 44.0 Å². The second kappa shape index (κ2) is 8.54. The molecule has 1 fully saturated rings. The molecule has 6 nitrogen and oxygen atoms in total. The van der Waals surface area contributed by atoms with Gasteiger partial charge in [0, 0.05) is 6.54 Å². The highest BCUT2D eigenvalue weighted by atomic mass is 32.2. The maximum Gasteiger partial charge on any atom is 0.243 e. The largest absolute Gasteiger partial charge is 0.492 e. The molecule has 0 aliphatic carbocycles. The van der Waals surface area contributed by atoms with Crippen LogP contribution in [0.5, 0.6) is 5.75 Å². The number of anilines is 1. The zero-order valence-corrected chi connectivity index (χ0v) is 16.1. The van der Waals surface area contributed by atoms with E-state index in [-0.39, 0.29) is 10.8 Å². The topological polar surface area (TPSA) is 75.7 Å². The van der Waals surface area contributed by atoms with Crippen molar-refractivity contribution in [3.05, 3.63) is 54.6 Å². The molecular formula is C20H24N2O4S. The quantitative estimate of drug-likeness (QED) is 0.824. The lowest BCUT2D eigenvalue weighted by atomic mass is 10.0. The summed E-state index contributed by atoms with van der Waals surface area (Å²) in [5, 5.41) is 2.85. The summed E-state index contributed by atoms with van der Waals surface area (Å²) in [6.07, 6.45) is 2.05. The molecule has 144 valence electrons. The van der Waals surface area contributed by atoms with E-state index in [0.717, 1.165) is 12.8 Å². The molecule has 0 aromatic heterocycles. The van der Waals surface area contributed by atoms with Crippen LogP contribution in [0.25, 0.3) is 0 Å². The Bertz CT molecular complexity index is 884. The summed E-state index contributed by atoms with van der Waals surface area (Å²) in [6.45, 7) is 2.68. The van der Waals surface area contributed by atoms with Gasteiger partial charge in [-0.25, -0.2) is 8.42 Å². The lowest BCUT2D eigenvalue weighted by Crippen LogP contribution is -2.49. The molecule has 1 atom stereocenters. The average Bonchev–Trinajstić information content (AvgIpc) is 2.70. The lowest BCUT2D eigenvalue weighted by Gasteiger charge is -2.33. The molecule has 1 saturated heterocycles. The Morgan fingerprint density at radius 1 is 1.11 bits per heavy atom. The zero-order chi connectivity index (χ0) is 19.3. The fourth-order valence-electron chi connectivity index (χ4n) is 3.25. The van der Waals surface area contributed by atoms with E-state index in [0.29, 0.717) is 31.0 Å². The van der Waals surface area contributed by atoms with Crippen LogP contribution in [0.3, 0.4) is 0 Å². The number of nitrogens with zero attached hydrogens (tertiary/aromatic N) is 1. The predicted octanol–water partition coefficient (Wildman–Crippen LogP) is 3.27. The van der Waals surface area contributed by atoms with E-state index < -0.39 is 16.1 Å². The summed E-state index contributed by atoms with van der Waals surface area (Å²) in [7, 11) is -3.73. The van der Waals surface area contributed by atoms with Crippen LogP contribution in [-0.4, -0.2) is 37.8 Å². The summed E-state index contributed by atoms with van der Waals surface area (Å²) in [4.78, 5) is 13.1. The van der Waals surface area contributed by atoms with Crippen molar-refractivity contribution in [2.45, 2.75) is 37.1 Å². The van der Waals surface area contributed by atoms with Crippen molar-refractivity contribution in [1.82, 2.24) is 4.31 Å². The Morgan fingerprint density at radius 3 is 2.56 bits per heavy atom. The standard InChI is InChI=1S/C20H24N2O4S/c1-2-26-19-14-7-6-12-17(19)21-20(23)18-13-8-9-15-22(18)27(24,25)16-10-4-3-5-11-16/h3-7,10-12,14,18H,2,8-9,13,15H2,1H3,(H,21,23)/t18-/m1/s1. The number of benzene rings is 2. The number of carbonyl (C=O) groups is 1. The minimum atomic E-state index is -3.73. The number of sulfonamides is 1. The first kappa shape index (κ1) is 19.4. The molecule has 0 spiro atoms. The summed E-state index contributed by atoms with van der Waals surface area (Å²) in [5.74, 6) is 0.239. The van der Waals surface area contributed by atoms with Crippen LogP contribution in [0.4, 0.5) is 5.69 Å². The van der Waals surface area contributed by atoms with Crippen molar-refractivity contribution in [3.8, 4) is 5.75 Å². The highest BCUT2D eigenvalue weighted by Gasteiger charge is 2.37. The van der Waals surface area contributed by atoms with E-state index in [4.69, 9.17) is 4.74 Å². The van der Waals surface area contributed by atoms with Gasteiger partial charge in [-0.1, -0.05) is 36.8 Å². The van der Waals surface area contributed by atoms with Crippen molar-refractivity contribution < 1.29 is 17.9 Å². The van der Waals surface area contributed by atoms with Gasteiger partial charge in [0.1, 0.15) is 11.8 Å². The van der Waals surface area contributed by atoms with Crippen LogP contribution in [0.15, 0.2) is 59.5 Å². The first-order valence-corrected chi connectivity index (χ1v) is 10.6. The molecule has 1 aliphatic heterocycles. The van der Waals surface area contributed by atoms with Crippen molar-refractivity contribution in [2.24, 2.45) is 0 Å². The molecule has 7 heteroatoms. The molecule has 1 aliphatic rings. The number of carbonyl (C=O) groups excluding carboxylic acids is 1.